The number of likely N-dealkylation sites (tertiary alicyclic amines) is 1. The first-order chi connectivity index (χ1) is 15.5. The van der Waals surface area contributed by atoms with Gasteiger partial charge >= 0.3 is 5.63 Å². The molecule has 2 amide bonds. The van der Waals surface area contributed by atoms with Crippen LogP contribution in [0.1, 0.15) is 42.4 Å². The maximum absolute atomic E-state index is 12.7. The summed E-state index contributed by atoms with van der Waals surface area (Å²) >= 11 is 0. The fourth-order valence-corrected chi connectivity index (χ4v) is 5.41. The van der Waals surface area contributed by atoms with Crippen LogP contribution in [0, 0.1) is 5.92 Å². The molecule has 1 saturated heterocycles. The monoisotopic (exact) mass is 435 g/mol. The predicted molar refractivity (Wildman–Crippen MR) is 124 cm³/mol. The average molecular weight is 436 g/mol. The molecule has 0 atom stereocenters. The van der Waals surface area contributed by atoms with Crippen molar-refractivity contribution in [1.29, 1.82) is 0 Å². The number of nitrogens with zero attached hydrogens (tertiary/aromatic N) is 2. The number of hydrogen-bond acceptors (Lipinski definition) is 5. The summed E-state index contributed by atoms with van der Waals surface area (Å²) in [6.45, 7) is 3.22. The van der Waals surface area contributed by atoms with E-state index in [1.807, 2.05) is 6.07 Å². The molecule has 0 spiro atoms. The summed E-state index contributed by atoms with van der Waals surface area (Å²) in [5.74, 6) is -0.148. The van der Waals surface area contributed by atoms with Crippen LogP contribution in [0.15, 0.2) is 27.4 Å². The van der Waals surface area contributed by atoms with Gasteiger partial charge in [-0.3, -0.25) is 9.59 Å². The number of rotatable bonds is 3. The minimum Gasteiger partial charge on any atom is -0.422 e. The minimum absolute atomic E-state index is 0.0331. The largest absolute Gasteiger partial charge is 0.422 e. The third-order valence-electron chi connectivity index (χ3n) is 7.07. The summed E-state index contributed by atoms with van der Waals surface area (Å²) in [6, 6.07) is 4.00. The molecule has 0 unspecified atom stereocenters. The lowest BCUT2D eigenvalue weighted by atomic mass is 9.90. The molecule has 0 saturated carbocycles. The van der Waals surface area contributed by atoms with E-state index in [1.54, 1.807) is 18.0 Å². The zero-order valence-corrected chi connectivity index (χ0v) is 18.5. The maximum Gasteiger partial charge on any atom is 0.343 e. The fraction of sp³-hybridized carbons (Fsp3) is 0.480. The number of carbonyl (C=O) groups excluding carboxylic acids is 2. The van der Waals surface area contributed by atoms with E-state index in [4.69, 9.17) is 4.42 Å². The molecular weight excluding hydrogens is 406 g/mol. The first-order valence-electron chi connectivity index (χ1n) is 11.6. The summed E-state index contributed by atoms with van der Waals surface area (Å²) in [5, 5.41) is 3.61. The van der Waals surface area contributed by atoms with Crippen molar-refractivity contribution in [2.75, 3.05) is 38.1 Å². The van der Waals surface area contributed by atoms with Crippen molar-refractivity contribution in [3.63, 3.8) is 0 Å². The molecule has 0 bridgehead atoms. The van der Waals surface area contributed by atoms with Crippen LogP contribution in [0.5, 0.6) is 0 Å². The molecule has 0 radical (unpaired) electrons. The van der Waals surface area contributed by atoms with Crippen molar-refractivity contribution < 1.29 is 14.0 Å². The Morgan fingerprint density at radius 3 is 2.59 bits per heavy atom. The van der Waals surface area contributed by atoms with Crippen LogP contribution in [-0.2, 0) is 22.4 Å². The lowest BCUT2D eigenvalue weighted by Gasteiger charge is -2.37. The molecule has 0 aliphatic carbocycles. The molecular formula is C25H29N3O4. The zero-order valence-electron chi connectivity index (χ0n) is 18.5. The Morgan fingerprint density at radius 1 is 1.09 bits per heavy atom. The maximum atomic E-state index is 12.7. The van der Waals surface area contributed by atoms with Gasteiger partial charge in [0.15, 0.2) is 0 Å². The van der Waals surface area contributed by atoms with Gasteiger partial charge in [-0.15, -0.1) is 0 Å². The second kappa shape index (κ2) is 8.45. The highest BCUT2D eigenvalue weighted by Crippen LogP contribution is 2.39. The highest BCUT2D eigenvalue weighted by molar-refractivity contribution is 5.93. The molecule has 3 aliphatic heterocycles. The first kappa shape index (κ1) is 20.8. The second-order valence-corrected chi connectivity index (χ2v) is 9.01. The molecule has 5 rings (SSSR count). The Kier molecular flexibility index (Phi) is 5.49. The van der Waals surface area contributed by atoms with Gasteiger partial charge < -0.3 is 19.5 Å². The molecule has 4 heterocycles. The van der Waals surface area contributed by atoms with Crippen molar-refractivity contribution >= 4 is 34.5 Å². The highest BCUT2D eigenvalue weighted by Gasteiger charge is 2.28. The summed E-state index contributed by atoms with van der Waals surface area (Å²) in [4.78, 5) is 41.3. The number of carbonyl (C=O) groups is 2. The van der Waals surface area contributed by atoms with Gasteiger partial charge in [0.25, 0.3) is 0 Å². The fourth-order valence-electron chi connectivity index (χ4n) is 5.41. The first-order valence-corrected chi connectivity index (χ1v) is 11.6. The number of piperidine rings is 1. The van der Waals surface area contributed by atoms with Crippen LogP contribution < -0.4 is 15.8 Å². The van der Waals surface area contributed by atoms with Gasteiger partial charge in [-0.1, -0.05) is 0 Å². The van der Waals surface area contributed by atoms with Gasteiger partial charge in [0, 0.05) is 61.9 Å². The van der Waals surface area contributed by atoms with E-state index in [0.717, 1.165) is 49.7 Å². The lowest BCUT2D eigenvalue weighted by Crippen LogP contribution is -2.41. The number of benzene rings is 1. The van der Waals surface area contributed by atoms with Gasteiger partial charge in [0.1, 0.15) is 5.58 Å². The molecule has 1 aromatic carbocycles. The molecule has 7 heteroatoms. The second-order valence-electron chi connectivity index (χ2n) is 9.01. The van der Waals surface area contributed by atoms with Crippen LogP contribution >= 0.6 is 0 Å². The Labute approximate surface area is 187 Å². The van der Waals surface area contributed by atoms with Gasteiger partial charge in [0.2, 0.25) is 11.8 Å². The van der Waals surface area contributed by atoms with E-state index in [1.165, 1.54) is 17.3 Å². The molecule has 168 valence electrons. The topological polar surface area (TPSA) is 82.9 Å². The third-order valence-corrected chi connectivity index (χ3v) is 7.07. The number of amides is 2. The molecule has 2 aromatic rings. The van der Waals surface area contributed by atoms with Crippen LogP contribution in [0.3, 0.4) is 0 Å². The van der Waals surface area contributed by atoms with E-state index < -0.39 is 5.63 Å². The Hall–Kier alpha value is -3.09. The van der Waals surface area contributed by atoms with Gasteiger partial charge in [-0.05, 0) is 62.3 Å². The highest BCUT2D eigenvalue weighted by atomic mass is 16.4. The van der Waals surface area contributed by atoms with Crippen molar-refractivity contribution in [2.45, 2.75) is 38.5 Å². The Morgan fingerprint density at radius 2 is 1.84 bits per heavy atom. The van der Waals surface area contributed by atoms with Crippen molar-refractivity contribution in [3.8, 4) is 0 Å². The van der Waals surface area contributed by atoms with E-state index >= 15 is 0 Å². The van der Waals surface area contributed by atoms with E-state index in [-0.39, 0.29) is 17.7 Å². The number of nitrogens with one attached hydrogen (secondary N) is 1. The predicted octanol–water partition coefficient (Wildman–Crippen LogP) is 2.49. The summed E-state index contributed by atoms with van der Waals surface area (Å²) in [5.41, 5.74) is 4.44. The number of fused-ring (bicyclic) bond motifs is 2. The van der Waals surface area contributed by atoms with E-state index in [9.17, 15) is 14.4 Å². The van der Waals surface area contributed by atoms with E-state index in [0.29, 0.717) is 37.1 Å². The van der Waals surface area contributed by atoms with Gasteiger partial charge in [0.05, 0.1) is 5.56 Å². The molecule has 7 nitrogen and oxygen atoms in total. The van der Waals surface area contributed by atoms with E-state index in [2.05, 4.69) is 16.3 Å². The minimum atomic E-state index is -0.413. The molecule has 3 aliphatic rings. The lowest BCUT2D eigenvalue weighted by molar-refractivity contribution is -0.131. The third kappa shape index (κ3) is 3.70. The van der Waals surface area contributed by atoms with Crippen LogP contribution in [0.2, 0.25) is 0 Å². The summed E-state index contributed by atoms with van der Waals surface area (Å²) in [6.07, 6.45) is 8.51. The number of anilines is 1. The van der Waals surface area contributed by atoms with Crippen molar-refractivity contribution in [3.05, 3.63) is 45.3 Å². The molecule has 1 N–H and O–H groups in total. The smallest absolute Gasteiger partial charge is 0.343 e. The van der Waals surface area contributed by atoms with Crippen molar-refractivity contribution in [1.82, 2.24) is 10.2 Å². The molecule has 1 fully saturated rings. The average Bonchev–Trinajstić information content (AvgIpc) is 2.83. The molecule has 32 heavy (non-hydrogen) atoms. The standard InChI is InChI=1S/C25H29N3O4/c1-26-24(30)16-8-12-27(13-9-16)21(29)7-6-18-15-19-14-17-4-2-10-28-11-3-5-20(22(17)28)23(19)32-25(18)31/h6-7,14-16H,2-5,8-13H2,1H3,(H,26,30)/b7-6+. The molecule has 1 aromatic heterocycles. The SMILES string of the molecule is CNC(=O)C1CCN(C(=O)/C=C/c2cc3cc4c5c(c3oc2=O)CCCN5CCC4)CC1. The van der Waals surface area contributed by atoms with Gasteiger partial charge in [-0.25, -0.2) is 4.79 Å². The van der Waals surface area contributed by atoms with Gasteiger partial charge in [-0.2, -0.15) is 0 Å². The summed E-state index contributed by atoms with van der Waals surface area (Å²) < 4.78 is 5.79. The number of hydrogen-bond donors (Lipinski definition) is 1. The Balaban J connectivity index is 1.38. The summed E-state index contributed by atoms with van der Waals surface area (Å²) in [7, 11) is 1.64. The van der Waals surface area contributed by atoms with Crippen LogP contribution in [-0.4, -0.2) is 49.9 Å². The van der Waals surface area contributed by atoms with Crippen LogP contribution in [0.4, 0.5) is 5.69 Å². The quantitative estimate of drug-likeness (QED) is 0.592. The van der Waals surface area contributed by atoms with Crippen LogP contribution in [0.25, 0.3) is 17.0 Å². The zero-order chi connectivity index (χ0) is 22.2. The van der Waals surface area contributed by atoms with Crippen molar-refractivity contribution in [2.24, 2.45) is 5.92 Å². The normalized spacial score (nSPS) is 18.8. The number of aryl methyl sites for hydroxylation is 2. The Bertz CT molecular complexity index is 1160.